The first kappa shape index (κ1) is 14.3. The molecule has 0 bridgehead atoms. The summed E-state index contributed by atoms with van der Waals surface area (Å²) in [6, 6.07) is 17.0. The van der Waals surface area contributed by atoms with Gasteiger partial charge >= 0.3 is 0 Å². The molecule has 0 saturated carbocycles. The van der Waals surface area contributed by atoms with Crippen LogP contribution in [0.3, 0.4) is 0 Å². The van der Waals surface area contributed by atoms with Gasteiger partial charge in [0.15, 0.2) is 0 Å². The van der Waals surface area contributed by atoms with Crippen molar-refractivity contribution >= 4 is 28.3 Å². The summed E-state index contributed by atoms with van der Waals surface area (Å²) < 4.78 is 6.41. The van der Waals surface area contributed by atoms with Crippen molar-refractivity contribution in [2.75, 3.05) is 19.0 Å². The molecule has 0 fully saturated rings. The normalized spacial score (nSPS) is 10.4. The first-order valence-corrected chi connectivity index (χ1v) is 7.42. The summed E-state index contributed by atoms with van der Waals surface area (Å²) in [5.41, 5.74) is 3.79. The van der Waals surface area contributed by atoms with Gasteiger partial charge in [-0.3, -0.25) is 0 Å². The molecule has 0 atom stereocenters. The van der Waals surface area contributed by atoms with Crippen LogP contribution in [-0.4, -0.2) is 13.7 Å². The molecular weight excluding hydrogens is 349 g/mol. The van der Waals surface area contributed by atoms with E-state index in [1.807, 2.05) is 0 Å². The molecule has 2 aromatic rings. The summed E-state index contributed by atoms with van der Waals surface area (Å²) in [7, 11) is 1.74. The van der Waals surface area contributed by atoms with E-state index >= 15 is 0 Å². The average Bonchev–Trinajstić information content (AvgIpc) is 2.45. The summed E-state index contributed by atoms with van der Waals surface area (Å²) in [5.74, 6) is 0. The van der Waals surface area contributed by atoms with Crippen molar-refractivity contribution in [1.82, 2.24) is 0 Å². The van der Waals surface area contributed by atoms with Gasteiger partial charge in [0, 0.05) is 22.9 Å². The minimum absolute atomic E-state index is 0.752. The molecule has 0 heterocycles. The summed E-state index contributed by atoms with van der Waals surface area (Å²) in [4.78, 5) is 0. The van der Waals surface area contributed by atoms with Gasteiger partial charge in [0.1, 0.15) is 0 Å². The standard InChI is InChI=1S/C16H18INO/c1-19-11-10-14-4-2-3-5-16(14)18-12-13-6-8-15(17)9-7-13/h2-9,18H,10-12H2,1H3. The van der Waals surface area contributed by atoms with Crippen molar-refractivity contribution in [2.45, 2.75) is 13.0 Å². The quantitative estimate of drug-likeness (QED) is 0.777. The van der Waals surface area contributed by atoms with Crippen molar-refractivity contribution in [2.24, 2.45) is 0 Å². The maximum atomic E-state index is 5.15. The Balaban J connectivity index is 2.00. The predicted molar refractivity (Wildman–Crippen MR) is 88.5 cm³/mol. The minimum Gasteiger partial charge on any atom is -0.384 e. The van der Waals surface area contributed by atoms with Gasteiger partial charge in [0.05, 0.1) is 6.61 Å². The number of halogens is 1. The average molecular weight is 367 g/mol. The number of ether oxygens (including phenoxy) is 1. The number of rotatable bonds is 6. The maximum absolute atomic E-state index is 5.15. The van der Waals surface area contributed by atoms with Crippen LogP contribution < -0.4 is 5.32 Å². The zero-order chi connectivity index (χ0) is 13.5. The van der Waals surface area contributed by atoms with Crippen LogP contribution in [-0.2, 0) is 17.7 Å². The molecule has 19 heavy (non-hydrogen) atoms. The van der Waals surface area contributed by atoms with E-state index in [0.29, 0.717) is 0 Å². The number of para-hydroxylation sites is 1. The number of hydrogen-bond donors (Lipinski definition) is 1. The van der Waals surface area contributed by atoms with E-state index in [9.17, 15) is 0 Å². The van der Waals surface area contributed by atoms with E-state index in [1.54, 1.807) is 7.11 Å². The van der Waals surface area contributed by atoms with E-state index in [0.717, 1.165) is 19.6 Å². The van der Waals surface area contributed by atoms with Gasteiger partial charge in [0.25, 0.3) is 0 Å². The van der Waals surface area contributed by atoms with Crippen molar-refractivity contribution in [1.29, 1.82) is 0 Å². The maximum Gasteiger partial charge on any atom is 0.0503 e. The zero-order valence-corrected chi connectivity index (χ0v) is 13.2. The molecule has 2 rings (SSSR count). The number of nitrogens with one attached hydrogen (secondary N) is 1. The van der Waals surface area contributed by atoms with Crippen LogP contribution in [0.5, 0.6) is 0 Å². The zero-order valence-electron chi connectivity index (χ0n) is 11.0. The molecule has 0 aliphatic carbocycles. The Morgan fingerprint density at radius 1 is 1.05 bits per heavy atom. The van der Waals surface area contributed by atoms with Crippen LogP contribution in [0.25, 0.3) is 0 Å². The van der Waals surface area contributed by atoms with Crippen molar-refractivity contribution in [3.63, 3.8) is 0 Å². The molecule has 0 saturated heterocycles. The molecule has 0 aliphatic heterocycles. The molecule has 2 nitrogen and oxygen atoms in total. The molecule has 0 spiro atoms. The molecule has 0 unspecified atom stereocenters. The van der Waals surface area contributed by atoms with Crippen LogP contribution in [0.2, 0.25) is 0 Å². The summed E-state index contributed by atoms with van der Waals surface area (Å²) >= 11 is 2.32. The third-order valence-corrected chi connectivity index (χ3v) is 3.71. The third-order valence-electron chi connectivity index (χ3n) is 2.99. The second kappa shape index (κ2) is 7.50. The van der Waals surface area contributed by atoms with E-state index in [4.69, 9.17) is 4.74 Å². The Kier molecular flexibility index (Phi) is 5.66. The van der Waals surface area contributed by atoms with Gasteiger partial charge in [-0.2, -0.15) is 0 Å². The molecular formula is C16H18INO. The Morgan fingerprint density at radius 3 is 2.53 bits per heavy atom. The van der Waals surface area contributed by atoms with Gasteiger partial charge < -0.3 is 10.1 Å². The summed E-state index contributed by atoms with van der Waals surface area (Å²) in [6.07, 6.45) is 0.937. The van der Waals surface area contributed by atoms with Gasteiger partial charge in [-0.25, -0.2) is 0 Å². The second-order valence-corrected chi connectivity index (χ2v) is 5.63. The Labute approximate surface area is 128 Å². The molecule has 2 aromatic carbocycles. The van der Waals surface area contributed by atoms with Gasteiger partial charge in [0.2, 0.25) is 0 Å². The largest absolute Gasteiger partial charge is 0.384 e. The second-order valence-electron chi connectivity index (χ2n) is 4.38. The lowest BCUT2D eigenvalue weighted by Gasteiger charge is -2.12. The van der Waals surface area contributed by atoms with E-state index in [2.05, 4.69) is 76.4 Å². The van der Waals surface area contributed by atoms with Crippen LogP contribution in [0.1, 0.15) is 11.1 Å². The van der Waals surface area contributed by atoms with Crippen LogP contribution >= 0.6 is 22.6 Å². The van der Waals surface area contributed by atoms with Gasteiger partial charge in [-0.05, 0) is 58.3 Å². The lowest BCUT2D eigenvalue weighted by Crippen LogP contribution is -2.04. The number of hydrogen-bond acceptors (Lipinski definition) is 2. The molecule has 1 N–H and O–H groups in total. The SMILES string of the molecule is COCCc1ccccc1NCc1ccc(I)cc1. The first-order valence-electron chi connectivity index (χ1n) is 6.35. The fraction of sp³-hybridized carbons (Fsp3) is 0.250. The lowest BCUT2D eigenvalue weighted by molar-refractivity contribution is 0.202. The smallest absolute Gasteiger partial charge is 0.0503 e. The minimum atomic E-state index is 0.752. The summed E-state index contributed by atoms with van der Waals surface area (Å²) in [5, 5.41) is 3.50. The van der Waals surface area contributed by atoms with Crippen LogP contribution in [0.15, 0.2) is 48.5 Å². The highest BCUT2D eigenvalue weighted by Crippen LogP contribution is 2.17. The Bertz CT molecular complexity index is 510. The fourth-order valence-electron chi connectivity index (χ4n) is 1.92. The molecule has 0 aliphatic rings. The van der Waals surface area contributed by atoms with Crippen LogP contribution in [0.4, 0.5) is 5.69 Å². The van der Waals surface area contributed by atoms with Crippen molar-refractivity contribution in [3.05, 3.63) is 63.2 Å². The molecule has 0 radical (unpaired) electrons. The third kappa shape index (κ3) is 4.51. The van der Waals surface area contributed by atoms with E-state index in [-0.39, 0.29) is 0 Å². The van der Waals surface area contributed by atoms with E-state index < -0.39 is 0 Å². The Hall–Kier alpha value is -1.07. The number of benzene rings is 2. The highest BCUT2D eigenvalue weighted by molar-refractivity contribution is 14.1. The highest BCUT2D eigenvalue weighted by atomic mass is 127. The van der Waals surface area contributed by atoms with Gasteiger partial charge in [-0.15, -0.1) is 0 Å². The Morgan fingerprint density at radius 2 is 1.79 bits per heavy atom. The highest BCUT2D eigenvalue weighted by Gasteiger charge is 2.01. The van der Waals surface area contributed by atoms with Crippen molar-refractivity contribution in [3.8, 4) is 0 Å². The molecule has 0 amide bonds. The predicted octanol–water partition coefficient (Wildman–Crippen LogP) is 4.09. The monoisotopic (exact) mass is 367 g/mol. The fourth-order valence-corrected chi connectivity index (χ4v) is 2.28. The van der Waals surface area contributed by atoms with Crippen molar-refractivity contribution < 1.29 is 4.74 Å². The molecule has 0 aromatic heterocycles. The van der Waals surface area contributed by atoms with Crippen LogP contribution in [0, 0.1) is 3.57 Å². The number of anilines is 1. The lowest BCUT2D eigenvalue weighted by atomic mass is 10.1. The van der Waals surface area contributed by atoms with Gasteiger partial charge in [-0.1, -0.05) is 30.3 Å². The first-order chi connectivity index (χ1) is 9.29. The number of methoxy groups -OCH3 is 1. The molecule has 100 valence electrons. The topological polar surface area (TPSA) is 21.3 Å². The molecule has 3 heteroatoms. The van der Waals surface area contributed by atoms with E-state index in [1.165, 1.54) is 20.4 Å². The summed E-state index contributed by atoms with van der Waals surface area (Å²) in [6.45, 7) is 1.60.